The van der Waals surface area contributed by atoms with Crippen molar-refractivity contribution in [2.24, 2.45) is 11.8 Å². The third-order valence-corrected chi connectivity index (χ3v) is 6.09. The van der Waals surface area contributed by atoms with E-state index >= 15 is 0 Å². The van der Waals surface area contributed by atoms with Crippen molar-refractivity contribution in [3.05, 3.63) is 34.8 Å². The maximum absolute atomic E-state index is 13.5. The molecule has 3 amide bonds. The minimum atomic E-state index is -0.467. The Labute approximate surface area is 212 Å². The molecule has 2 aromatic heterocycles. The molecule has 3 heterocycles. The first-order valence-corrected chi connectivity index (χ1v) is 12.1. The molecule has 0 radical (unpaired) electrons. The van der Waals surface area contributed by atoms with Crippen molar-refractivity contribution in [1.82, 2.24) is 19.9 Å². The maximum Gasteiger partial charge on any atom is 0.321 e. The van der Waals surface area contributed by atoms with E-state index in [0.29, 0.717) is 29.2 Å². The number of aliphatic hydroxyl groups excluding tert-OH is 1. The molecule has 10 heteroatoms. The predicted molar refractivity (Wildman–Crippen MR) is 135 cm³/mol. The number of aromatic nitrogens is 2. The summed E-state index contributed by atoms with van der Waals surface area (Å²) >= 11 is 0. The number of hydrogen-bond acceptors (Lipinski definition) is 7. The number of aliphatic hydroxyl groups is 1. The van der Waals surface area contributed by atoms with E-state index in [-0.39, 0.29) is 48.4 Å². The first-order chi connectivity index (χ1) is 17.0. The van der Waals surface area contributed by atoms with Gasteiger partial charge in [-0.1, -0.05) is 37.8 Å². The first-order valence-electron chi connectivity index (χ1n) is 12.1. The zero-order valence-electron chi connectivity index (χ0n) is 22.0. The van der Waals surface area contributed by atoms with Crippen molar-refractivity contribution < 1.29 is 24.0 Å². The molecule has 0 spiro atoms. The highest BCUT2D eigenvalue weighted by molar-refractivity contribution is 5.97. The molecule has 10 nitrogen and oxygen atoms in total. The zero-order valence-corrected chi connectivity index (χ0v) is 22.0. The lowest BCUT2D eigenvalue weighted by atomic mass is 10.00. The van der Waals surface area contributed by atoms with Crippen LogP contribution in [0, 0.1) is 37.5 Å². The predicted octanol–water partition coefficient (Wildman–Crippen LogP) is 3.08. The standard InChI is InChI=1S/C26H35N5O5/c1-15(2)8-9-20-10-21-24(27-11-20)35-22(16(3)12-31(25(21)33)17(4)14-32)13-30(7)26(34)28-23-18(5)29-36-19(23)6/h10-11,15-17,22,32H,12-14H2,1-7H3,(H,28,34)/t16-,17+,22-/m0/s1. The number of nitrogens with zero attached hydrogens (tertiary/aromatic N) is 4. The molecule has 1 aliphatic heterocycles. The number of likely N-dealkylation sites (N-methyl/N-ethyl adjacent to an activating group) is 1. The number of fused-ring (bicyclic) bond motifs is 1. The van der Waals surface area contributed by atoms with Crippen molar-refractivity contribution in [3.8, 4) is 17.7 Å². The molecular formula is C26H35N5O5. The van der Waals surface area contributed by atoms with E-state index in [2.05, 4.69) is 27.3 Å². The molecule has 194 valence electrons. The van der Waals surface area contributed by atoms with Crippen LogP contribution in [0.1, 0.15) is 55.1 Å². The Kier molecular flexibility index (Phi) is 8.58. The largest absolute Gasteiger partial charge is 0.472 e. The second-order valence-electron chi connectivity index (χ2n) is 9.63. The van der Waals surface area contributed by atoms with Crippen molar-refractivity contribution >= 4 is 17.6 Å². The molecule has 0 aliphatic carbocycles. The number of rotatable bonds is 5. The van der Waals surface area contributed by atoms with Gasteiger partial charge in [-0.3, -0.25) is 4.79 Å². The van der Waals surface area contributed by atoms with Gasteiger partial charge in [-0.05, 0) is 26.8 Å². The quantitative estimate of drug-likeness (QED) is 0.609. The van der Waals surface area contributed by atoms with Crippen LogP contribution < -0.4 is 10.1 Å². The number of anilines is 1. The number of carbonyl (C=O) groups is 2. The number of nitrogens with one attached hydrogen (secondary N) is 1. The fourth-order valence-corrected chi connectivity index (χ4v) is 3.83. The van der Waals surface area contributed by atoms with Crippen LogP contribution in [0.15, 0.2) is 16.8 Å². The van der Waals surface area contributed by atoms with Crippen molar-refractivity contribution in [2.45, 2.75) is 53.7 Å². The summed E-state index contributed by atoms with van der Waals surface area (Å²) in [5, 5.41) is 16.5. The fourth-order valence-electron chi connectivity index (χ4n) is 3.83. The Morgan fingerprint density at radius 3 is 2.69 bits per heavy atom. The molecule has 3 rings (SSSR count). The topological polar surface area (TPSA) is 121 Å². The van der Waals surface area contributed by atoms with Gasteiger partial charge in [0.15, 0.2) is 5.76 Å². The van der Waals surface area contributed by atoms with Gasteiger partial charge in [-0.15, -0.1) is 0 Å². The highest BCUT2D eigenvalue weighted by Gasteiger charge is 2.34. The molecule has 0 saturated heterocycles. The van der Waals surface area contributed by atoms with E-state index in [1.165, 1.54) is 4.90 Å². The van der Waals surface area contributed by atoms with Crippen LogP contribution in [-0.2, 0) is 0 Å². The molecule has 1 aliphatic rings. The van der Waals surface area contributed by atoms with Gasteiger partial charge in [0.05, 0.1) is 19.2 Å². The molecule has 0 fully saturated rings. The SMILES string of the molecule is Cc1noc(C)c1NC(=O)N(C)C[C@@H]1Oc2ncc(C#CC(C)C)cc2C(=O)N([C@H](C)CO)C[C@@H]1C. The van der Waals surface area contributed by atoms with Gasteiger partial charge in [-0.25, -0.2) is 9.78 Å². The van der Waals surface area contributed by atoms with Gasteiger partial charge in [0, 0.05) is 37.2 Å². The number of pyridine rings is 1. The third kappa shape index (κ3) is 6.15. The van der Waals surface area contributed by atoms with Crippen LogP contribution in [0.2, 0.25) is 0 Å². The Morgan fingerprint density at radius 2 is 2.08 bits per heavy atom. The number of hydrogen-bond donors (Lipinski definition) is 2. The normalized spacial score (nSPS) is 18.4. The number of aryl methyl sites for hydroxylation is 2. The summed E-state index contributed by atoms with van der Waals surface area (Å²) in [7, 11) is 1.67. The molecule has 0 aromatic carbocycles. The molecule has 0 bridgehead atoms. The van der Waals surface area contributed by atoms with Crippen molar-refractivity contribution in [3.63, 3.8) is 0 Å². The van der Waals surface area contributed by atoms with Crippen LogP contribution in [-0.4, -0.2) is 75.9 Å². The number of carbonyl (C=O) groups excluding carboxylic acids is 2. The van der Waals surface area contributed by atoms with Gasteiger partial charge >= 0.3 is 6.03 Å². The lowest BCUT2D eigenvalue weighted by molar-refractivity contribution is 0.0356. The molecule has 0 saturated carbocycles. The van der Waals surface area contributed by atoms with Crippen LogP contribution in [0.5, 0.6) is 5.88 Å². The summed E-state index contributed by atoms with van der Waals surface area (Å²) in [6.07, 6.45) is 1.11. The Balaban J connectivity index is 1.90. The minimum absolute atomic E-state index is 0.160. The smallest absolute Gasteiger partial charge is 0.321 e. The lowest BCUT2D eigenvalue weighted by Gasteiger charge is -2.37. The molecule has 0 unspecified atom stereocenters. The Hall–Kier alpha value is -3.58. The minimum Gasteiger partial charge on any atom is -0.472 e. The van der Waals surface area contributed by atoms with Gasteiger partial charge in [0.25, 0.3) is 5.91 Å². The van der Waals surface area contributed by atoms with Crippen molar-refractivity contribution in [2.75, 3.05) is 32.1 Å². The summed E-state index contributed by atoms with van der Waals surface area (Å²) in [6, 6.07) is 0.932. The molecule has 36 heavy (non-hydrogen) atoms. The van der Waals surface area contributed by atoms with E-state index in [9.17, 15) is 14.7 Å². The van der Waals surface area contributed by atoms with E-state index in [1.54, 1.807) is 45.0 Å². The van der Waals surface area contributed by atoms with E-state index in [0.717, 1.165) is 0 Å². The Bertz CT molecular complexity index is 1150. The number of ether oxygens (including phenoxy) is 1. The summed E-state index contributed by atoms with van der Waals surface area (Å²) in [5.41, 5.74) is 2.02. The third-order valence-electron chi connectivity index (χ3n) is 6.09. The van der Waals surface area contributed by atoms with Gasteiger partial charge in [-0.2, -0.15) is 0 Å². The molecular weight excluding hydrogens is 462 g/mol. The second kappa shape index (κ2) is 11.4. The average Bonchev–Trinajstić information content (AvgIpc) is 3.16. The van der Waals surface area contributed by atoms with Crippen LogP contribution in [0.3, 0.4) is 0 Å². The summed E-state index contributed by atoms with van der Waals surface area (Å²) in [5.74, 6) is 6.56. The van der Waals surface area contributed by atoms with E-state index in [4.69, 9.17) is 9.26 Å². The molecule has 3 atom stereocenters. The number of urea groups is 1. The fraction of sp³-hybridized carbons (Fsp3) is 0.538. The van der Waals surface area contributed by atoms with Gasteiger partial charge in [0.2, 0.25) is 5.88 Å². The summed E-state index contributed by atoms with van der Waals surface area (Å²) in [6.45, 7) is 11.6. The maximum atomic E-state index is 13.5. The highest BCUT2D eigenvalue weighted by Crippen LogP contribution is 2.27. The summed E-state index contributed by atoms with van der Waals surface area (Å²) < 4.78 is 11.4. The van der Waals surface area contributed by atoms with Crippen molar-refractivity contribution in [1.29, 1.82) is 0 Å². The highest BCUT2D eigenvalue weighted by atomic mass is 16.5. The number of amides is 3. The first kappa shape index (κ1) is 27.0. The monoisotopic (exact) mass is 497 g/mol. The molecule has 2 N–H and O–H groups in total. The lowest BCUT2D eigenvalue weighted by Crippen LogP contribution is -2.50. The summed E-state index contributed by atoms with van der Waals surface area (Å²) in [4.78, 5) is 33.9. The second-order valence-corrected chi connectivity index (χ2v) is 9.63. The zero-order chi connectivity index (χ0) is 26.6. The van der Waals surface area contributed by atoms with Crippen LogP contribution in [0.25, 0.3) is 0 Å². The van der Waals surface area contributed by atoms with Gasteiger partial charge < -0.3 is 29.5 Å². The average molecular weight is 498 g/mol. The van der Waals surface area contributed by atoms with Crippen LogP contribution in [0.4, 0.5) is 10.5 Å². The van der Waals surface area contributed by atoms with Crippen LogP contribution >= 0.6 is 0 Å². The molecule has 2 aromatic rings. The van der Waals surface area contributed by atoms with Gasteiger partial charge in [0.1, 0.15) is 23.0 Å². The van der Waals surface area contributed by atoms with E-state index in [1.807, 2.05) is 20.8 Å². The van der Waals surface area contributed by atoms with E-state index < -0.39 is 12.1 Å². The Morgan fingerprint density at radius 1 is 1.36 bits per heavy atom.